The molecule has 0 saturated heterocycles. The Hall–Kier alpha value is -4.16. The third-order valence-electron chi connectivity index (χ3n) is 10.3. The van der Waals surface area contributed by atoms with Crippen LogP contribution in [0.25, 0.3) is 17.2 Å². The molecule has 1 atom stereocenters. The second-order valence-corrected chi connectivity index (χ2v) is 15.1. The molecule has 0 N–H and O–H groups in total. The summed E-state index contributed by atoms with van der Waals surface area (Å²) in [6.45, 7) is 16.4. The lowest BCUT2D eigenvalue weighted by atomic mass is 9.54. The number of hydrogen-bond acceptors (Lipinski definition) is 0. The third kappa shape index (κ3) is 4.34. The maximum Gasteiger partial charge on any atom is 0.0418 e. The van der Waals surface area contributed by atoms with Crippen LogP contribution in [0.3, 0.4) is 0 Å². The van der Waals surface area contributed by atoms with E-state index in [0.717, 1.165) is 0 Å². The van der Waals surface area contributed by atoms with Gasteiger partial charge in [-0.1, -0.05) is 175 Å². The Bertz CT molecular complexity index is 1770. The molecule has 5 aromatic carbocycles. The van der Waals surface area contributed by atoms with Crippen molar-refractivity contribution in [3.8, 4) is 11.1 Å². The Morgan fingerprint density at radius 1 is 0.432 bits per heavy atom. The van der Waals surface area contributed by atoms with E-state index >= 15 is 0 Å². The monoisotopic (exact) mass is 572 g/mol. The highest BCUT2D eigenvalue weighted by Gasteiger charge is 2.54. The SMILES string of the molecule is CC1=Cc2ccccc2C1C(c1ccccc1)(c1ccccc1)C1c2cc(C(C)(C)C)ccc2-c2ccc(C(C)(C)C)cc21. The van der Waals surface area contributed by atoms with Gasteiger partial charge in [0.2, 0.25) is 0 Å². The molecule has 2 aliphatic carbocycles. The number of rotatable bonds is 4. The van der Waals surface area contributed by atoms with E-state index < -0.39 is 0 Å². The van der Waals surface area contributed by atoms with E-state index in [1.807, 2.05) is 0 Å². The summed E-state index contributed by atoms with van der Waals surface area (Å²) in [6.07, 6.45) is 2.44. The Morgan fingerprint density at radius 3 is 1.36 bits per heavy atom. The fourth-order valence-electron chi connectivity index (χ4n) is 8.20. The van der Waals surface area contributed by atoms with Crippen LogP contribution >= 0.6 is 0 Å². The van der Waals surface area contributed by atoms with Crippen LogP contribution in [0.15, 0.2) is 127 Å². The first-order chi connectivity index (χ1) is 21.0. The maximum atomic E-state index is 2.55. The van der Waals surface area contributed by atoms with Gasteiger partial charge >= 0.3 is 0 Å². The summed E-state index contributed by atoms with van der Waals surface area (Å²) in [7, 11) is 0. The first-order valence-corrected chi connectivity index (χ1v) is 16.2. The fraction of sp³-hybridized carbons (Fsp3) is 0.273. The van der Waals surface area contributed by atoms with Gasteiger partial charge in [-0.2, -0.15) is 0 Å². The van der Waals surface area contributed by atoms with Crippen molar-refractivity contribution in [3.05, 3.63) is 171 Å². The van der Waals surface area contributed by atoms with Crippen LogP contribution in [0.5, 0.6) is 0 Å². The van der Waals surface area contributed by atoms with E-state index in [2.05, 4.69) is 176 Å². The van der Waals surface area contributed by atoms with E-state index in [0.29, 0.717) is 0 Å². The molecule has 0 nitrogen and oxygen atoms in total. The van der Waals surface area contributed by atoms with Crippen molar-refractivity contribution >= 4 is 6.08 Å². The molecule has 0 aromatic heterocycles. The van der Waals surface area contributed by atoms with Crippen molar-refractivity contribution in [2.45, 2.75) is 76.5 Å². The molecule has 0 amide bonds. The summed E-state index contributed by atoms with van der Waals surface area (Å²) >= 11 is 0. The predicted molar refractivity (Wildman–Crippen MR) is 188 cm³/mol. The first kappa shape index (κ1) is 28.6. The van der Waals surface area contributed by atoms with Crippen LogP contribution in [0.2, 0.25) is 0 Å². The highest BCUT2D eigenvalue weighted by molar-refractivity contribution is 5.83. The summed E-state index contributed by atoms with van der Waals surface area (Å²) < 4.78 is 0. The van der Waals surface area contributed by atoms with Crippen molar-refractivity contribution in [2.75, 3.05) is 0 Å². The molecule has 0 heteroatoms. The lowest BCUT2D eigenvalue weighted by molar-refractivity contribution is 0.404. The molecule has 0 radical (unpaired) electrons. The molecule has 2 aliphatic rings. The molecule has 5 aromatic rings. The quantitative estimate of drug-likeness (QED) is 0.201. The Balaban J connectivity index is 1.67. The van der Waals surface area contributed by atoms with Crippen molar-refractivity contribution in [1.82, 2.24) is 0 Å². The van der Waals surface area contributed by atoms with Gasteiger partial charge in [-0.15, -0.1) is 0 Å². The largest absolute Gasteiger partial charge is 0.0639 e. The summed E-state index contributed by atoms with van der Waals surface area (Å²) in [4.78, 5) is 0. The minimum Gasteiger partial charge on any atom is -0.0639 e. The average molecular weight is 573 g/mol. The van der Waals surface area contributed by atoms with Gasteiger partial charge < -0.3 is 0 Å². The van der Waals surface area contributed by atoms with E-state index in [-0.39, 0.29) is 28.1 Å². The lowest BCUT2D eigenvalue weighted by Crippen LogP contribution is -2.41. The van der Waals surface area contributed by atoms with Gasteiger partial charge in [-0.3, -0.25) is 0 Å². The van der Waals surface area contributed by atoms with Gasteiger partial charge in [0.15, 0.2) is 0 Å². The van der Waals surface area contributed by atoms with Crippen molar-refractivity contribution in [1.29, 1.82) is 0 Å². The molecule has 0 bridgehead atoms. The summed E-state index contributed by atoms with van der Waals surface area (Å²) in [5, 5.41) is 0. The number of benzene rings is 5. The van der Waals surface area contributed by atoms with E-state index in [1.165, 1.54) is 61.2 Å². The molecule has 44 heavy (non-hydrogen) atoms. The minimum absolute atomic E-state index is 0.0445. The molecule has 0 aliphatic heterocycles. The molecule has 220 valence electrons. The van der Waals surface area contributed by atoms with Crippen LogP contribution in [0.1, 0.15) is 105 Å². The topological polar surface area (TPSA) is 0 Å². The van der Waals surface area contributed by atoms with Crippen LogP contribution in [-0.2, 0) is 16.2 Å². The normalized spacial score (nSPS) is 16.3. The van der Waals surface area contributed by atoms with Gasteiger partial charge in [0.1, 0.15) is 0 Å². The maximum absolute atomic E-state index is 2.55. The Labute approximate surface area is 264 Å². The van der Waals surface area contributed by atoms with Crippen LogP contribution < -0.4 is 0 Å². The number of fused-ring (bicyclic) bond motifs is 4. The van der Waals surface area contributed by atoms with Crippen molar-refractivity contribution < 1.29 is 0 Å². The highest BCUT2D eigenvalue weighted by atomic mass is 14.6. The second-order valence-electron chi connectivity index (χ2n) is 15.1. The molecule has 7 rings (SSSR count). The van der Waals surface area contributed by atoms with Crippen LogP contribution in [0, 0.1) is 0 Å². The van der Waals surface area contributed by atoms with Gasteiger partial charge in [-0.05, 0) is 73.4 Å². The molecule has 0 spiro atoms. The Morgan fingerprint density at radius 2 is 0.886 bits per heavy atom. The highest BCUT2D eigenvalue weighted by Crippen LogP contribution is 2.64. The van der Waals surface area contributed by atoms with Crippen molar-refractivity contribution in [2.24, 2.45) is 0 Å². The van der Waals surface area contributed by atoms with Gasteiger partial charge in [0, 0.05) is 17.3 Å². The van der Waals surface area contributed by atoms with E-state index in [4.69, 9.17) is 0 Å². The second kappa shape index (κ2) is 10.2. The van der Waals surface area contributed by atoms with Gasteiger partial charge in [0.05, 0.1) is 0 Å². The van der Waals surface area contributed by atoms with Crippen LogP contribution in [-0.4, -0.2) is 0 Å². The van der Waals surface area contributed by atoms with Gasteiger partial charge in [0.25, 0.3) is 0 Å². The summed E-state index contributed by atoms with van der Waals surface area (Å²) in [5.74, 6) is 0.283. The zero-order valence-corrected chi connectivity index (χ0v) is 27.3. The summed E-state index contributed by atoms with van der Waals surface area (Å²) in [6, 6.07) is 46.6. The fourth-order valence-corrected chi connectivity index (χ4v) is 8.20. The molecule has 1 unspecified atom stereocenters. The molecule has 0 saturated carbocycles. The van der Waals surface area contributed by atoms with Gasteiger partial charge in [-0.25, -0.2) is 0 Å². The molecule has 0 heterocycles. The van der Waals surface area contributed by atoms with E-state index in [1.54, 1.807) is 0 Å². The molecule has 0 fully saturated rings. The minimum atomic E-state index is -0.386. The Kier molecular flexibility index (Phi) is 6.63. The molecular weight excluding hydrogens is 528 g/mol. The number of hydrogen-bond donors (Lipinski definition) is 0. The zero-order chi connectivity index (χ0) is 30.9. The van der Waals surface area contributed by atoms with E-state index in [9.17, 15) is 0 Å². The predicted octanol–water partition coefficient (Wildman–Crippen LogP) is 11.6. The van der Waals surface area contributed by atoms with Crippen LogP contribution in [0.4, 0.5) is 0 Å². The number of allylic oxidation sites excluding steroid dienone is 1. The first-order valence-electron chi connectivity index (χ1n) is 16.2. The third-order valence-corrected chi connectivity index (χ3v) is 10.3. The molecular formula is C44H44. The smallest absolute Gasteiger partial charge is 0.0418 e. The zero-order valence-electron chi connectivity index (χ0n) is 27.3. The van der Waals surface area contributed by atoms with Crippen molar-refractivity contribution in [3.63, 3.8) is 0 Å². The lowest BCUT2D eigenvalue weighted by Gasteiger charge is -2.47. The summed E-state index contributed by atoms with van der Waals surface area (Å²) in [5.41, 5.74) is 15.1. The standard InChI is InChI=1S/C44H44/c1-29-26-30-16-14-15-21-35(30)40(29)44(31-17-10-8-11-18-31,32-19-12-9-13-20-32)41-38-27-33(42(2,3)4)22-24-36(38)37-25-23-34(28-39(37)41)43(5,6)7/h8-28,40-41H,1-7H3. The average Bonchev–Trinajstić information content (AvgIpc) is 3.52.